The van der Waals surface area contributed by atoms with Crippen molar-refractivity contribution in [2.75, 3.05) is 13.2 Å². The Kier molecular flexibility index (Phi) is 6.36. The van der Waals surface area contributed by atoms with Crippen LogP contribution in [0.2, 0.25) is 0 Å². The van der Waals surface area contributed by atoms with Crippen LogP contribution in [0.4, 0.5) is 0 Å². The number of nitrogens with one attached hydrogen (secondary N) is 1. The van der Waals surface area contributed by atoms with Gasteiger partial charge in [-0.15, -0.1) is 0 Å². The molecule has 2 heteroatoms. The first kappa shape index (κ1) is 16.0. The Labute approximate surface area is 118 Å². The summed E-state index contributed by atoms with van der Waals surface area (Å²) in [6, 6.07) is 8.48. The quantitative estimate of drug-likeness (QED) is 0.801. The van der Waals surface area contributed by atoms with E-state index >= 15 is 0 Å². The average molecular weight is 263 g/mol. The molecule has 108 valence electrons. The molecule has 0 fully saturated rings. The number of hydrogen-bond acceptors (Lipinski definition) is 2. The van der Waals surface area contributed by atoms with Gasteiger partial charge in [-0.05, 0) is 44.9 Å². The molecule has 0 aliphatic carbocycles. The molecule has 1 rings (SSSR count). The minimum absolute atomic E-state index is 0.177. The van der Waals surface area contributed by atoms with Gasteiger partial charge in [0.2, 0.25) is 0 Å². The van der Waals surface area contributed by atoms with E-state index in [1.54, 1.807) is 0 Å². The lowest BCUT2D eigenvalue weighted by molar-refractivity contribution is 0.244. The van der Waals surface area contributed by atoms with Crippen molar-refractivity contribution in [3.8, 4) is 5.75 Å². The summed E-state index contributed by atoms with van der Waals surface area (Å²) < 4.78 is 5.83. The van der Waals surface area contributed by atoms with Crippen molar-refractivity contribution in [3.63, 3.8) is 0 Å². The highest BCUT2D eigenvalue weighted by Gasteiger charge is 2.11. The summed E-state index contributed by atoms with van der Waals surface area (Å²) in [5, 5.41) is 3.50. The third kappa shape index (κ3) is 7.22. The summed E-state index contributed by atoms with van der Waals surface area (Å²) in [6.07, 6.45) is 2.34. The predicted molar refractivity (Wildman–Crippen MR) is 82.9 cm³/mol. The van der Waals surface area contributed by atoms with Crippen LogP contribution in [-0.4, -0.2) is 18.7 Å². The van der Waals surface area contributed by atoms with Crippen LogP contribution in [0.5, 0.6) is 5.75 Å². The molecule has 0 saturated carbocycles. The van der Waals surface area contributed by atoms with Gasteiger partial charge in [-0.1, -0.05) is 32.4 Å². The molecule has 0 aliphatic rings. The second-order valence-corrected chi connectivity index (χ2v) is 6.44. The number of hydrogen-bond donors (Lipinski definition) is 1. The van der Waals surface area contributed by atoms with Gasteiger partial charge in [0.25, 0.3) is 0 Å². The van der Waals surface area contributed by atoms with Gasteiger partial charge in [-0.2, -0.15) is 0 Å². The summed E-state index contributed by atoms with van der Waals surface area (Å²) in [5.74, 6) is 1.48. The van der Waals surface area contributed by atoms with E-state index in [4.69, 9.17) is 4.74 Å². The molecule has 0 heterocycles. The molecule has 0 amide bonds. The van der Waals surface area contributed by atoms with Gasteiger partial charge in [-0.25, -0.2) is 0 Å². The van der Waals surface area contributed by atoms with Gasteiger partial charge in [-0.3, -0.25) is 0 Å². The first-order valence-electron chi connectivity index (χ1n) is 7.37. The van der Waals surface area contributed by atoms with Crippen molar-refractivity contribution < 1.29 is 4.74 Å². The van der Waals surface area contributed by atoms with Crippen molar-refractivity contribution >= 4 is 0 Å². The molecule has 1 N–H and O–H groups in total. The summed E-state index contributed by atoms with van der Waals surface area (Å²) in [5.41, 5.74) is 1.56. The van der Waals surface area contributed by atoms with Crippen molar-refractivity contribution in [2.45, 2.75) is 53.0 Å². The zero-order valence-corrected chi connectivity index (χ0v) is 13.1. The molecule has 1 atom stereocenters. The number of aryl methyl sites for hydroxylation is 1. The van der Waals surface area contributed by atoms with E-state index in [1.807, 2.05) is 0 Å². The monoisotopic (exact) mass is 263 g/mol. The normalized spacial score (nSPS) is 13.3. The van der Waals surface area contributed by atoms with Gasteiger partial charge in [0.1, 0.15) is 5.75 Å². The molecule has 0 bridgehead atoms. The Morgan fingerprint density at radius 3 is 2.32 bits per heavy atom. The Morgan fingerprint density at radius 1 is 1.16 bits per heavy atom. The van der Waals surface area contributed by atoms with Crippen molar-refractivity contribution in [1.29, 1.82) is 0 Å². The standard InChI is InChI=1S/C17H29NO/c1-6-7-15-8-10-16(11-9-15)19-13-14(2)12-18-17(3,4)5/h8-11,14,18H,6-7,12-13H2,1-5H3. The van der Waals surface area contributed by atoms with E-state index in [2.05, 4.69) is 64.2 Å². The first-order chi connectivity index (χ1) is 8.90. The van der Waals surface area contributed by atoms with Crippen LogP contribution >= 0.6 is 0 Å². The first-order valence-corrected chi connectivity index (χ1v) is 7.37. The molecule has 0 aromatic heterocycles. The zero-order chi connectivity index (χ0) is 14.3. The molecule has 1 aromatic carbocycles. The van der Waals surface area contributed by atoms with Gasteiger partial charge in [0.15, 0.2) is 0 Å². The Bertz CT molecular complexity index is 351. The van der Waals surface area contributed by atoms with E-state index in [0.717, 1.165) is 25.3 Å². The minimum atomic E-state index is 0.177. The van der Waals surface area contributed by atoms with Gasteiger partial charge < -0.3 is 10.1 Å². The van der Waals surface area contributed by atoms with E-state index < -0.39 is 0 Å². The fraction of sp³-hybridized carbons (Fsp3) is 0.647. The van der Waals surface area contributed by atoms with Gasteiger partial charge in [0.05, 0.1) is 6.61 Å². The summed E-state index contributed by atoms with van der Waals surface area (Å²) in [4.78, 5) is 0. The van der Waals surface area contributed by atoms with E-state index in [-0.39, 0.29) is 5.54 Å². The summed E-state index contributed by atoms with van der Waals surface area (Å²) in [7, 11) is 0. The van der Waals surface area contributed by atoms with Crippen LogP contribution in [0.25, 0.3) is 0 Å². The highest BCUT2D eigenvalue weighted by atomic mass is 16.5. The highest BCUT2D eigenvalue weighted by molar-refractivity contribution is 5.27. The van der Waals surface area contributed by atoms with Crippen LogP contribution in [0.15, 0.2) is 24.3 Å². The molecule has 0 spiro atoms. The van der Waals surface area contributed by atoms with Crippen LogP contribution in [0.1, 0.15) is 46.6 Å². The number of benzene rings is 1. The van der Waals surface area contributed by atoms with Crippen LogP contribution in [0, 0.1) is 5.92 Å². The summed E-state index contributed by atoms with van der Waals surface area (Å²) >= 11 is 0. The average Bonchev–Trinajstić information content (AvgIpc) is 2.35. The Morgan fingerprint density at radius 2 is 1.79 bits per heavy atom. The SMILES string of the molecule is CCCc1ccc(OCC(C)CNC(C)(C)C)cc1. The van der Waals surface area contributed by atoms with E-state index in [1.165, 1.54) is 12.0 Å². The van der Waals surface area contributed by atoms with Gasteiger partial charge in [0, 0.05) is 18.0 Å². The van der Waals surface area contributed by atoms with Crippen molar-refractivity contribution in [1.82, 2.24) is 5.32 Å². The largest absolute Gasteiger partial charge is 0.493 e. The maximum atomic E-state index is 5.83. The topological polar surface area (TPSA) is 21.3 Å². The van der Waals surface area contributed by atoms with Crippen molar-refractivity contribution in [2.24, 2.45) is 5.92 Å². The molecule has 1 unspecified atom stereocenters. The smallest absolute Gasteiger partial charge is 0.119 e. The predicted octanol–water partition coefficient (Wildman–Crippen LogP) is 4.04. The van der Waals surface area contributed by atoms with Gasteiger partial charge >= 0.3 is 0 Å². The molecule has 2 nitrogen and oxygen atoms in total. The lowest BCUT2D eigenvalue weighted by Gasteiger charge is -2.23. The maximum Gasteiger partial charge on any atom is 0.119 e. The number of ether oxygens (including phenoxy) is 1. The van der Waals surface area contributed by atoms with Crippen LogP contribution in [0.3, 0.4) is 0 Å². The lowest BCUT2D eigenvalue weighted by Crippen LogP contribution is -2.39. The van der Waals surface area contributed by atoms with Crippen LogP contribution in [-0.2, 0) is 6.42 Å². The molecule has 1 aromatic rings. The molecular weight excluding hydrogens is 234 g/mol. The summed E-state index contributed by atoms with van der Waals surface area (Å²) in [6.45, 7) is 12.7. The second kappa shape index (κ2) is 7.54. The molecule has 0 radical (unpaired) electrons. The molecular formula is C17H29NO. The molecule has 19 heavy (non-hydrogen) atoms. The molecule has 0 saturated heterocycles. The fourth-order valence-electron chi connectivity index (χ4n) is 1.82. The third-order valence-electron chi connectivity index (χ3n) is 2.98. The lowest BCUT2D eigenvalue weighted by atomic mass is 10.1. The van der Waals surface area contributed by atoms with E-state index in [0.29, 0.717) is 5.92 Å². The van der Waals surface area contributed by atoms with E-state index in [9.17, 15) is 0 Å². The number of rotatable bonds is 7. The molecule has 0 aliphatic heterocycles. The zero-order valence-electron chi connectivity index (χ0n) is 13.1. The fourth-order valence-corrected chi connectivity index (χ4v) is 1.82. The maximum absolute atomic E-state index is 5.83. The minimum Gasteiger partial charge on any atom is -0.493 e. The highest BCUT2D eigenvalue weighted by Crippen LogP contribution is 2.14. The Hall–Kier alpha value is -1.02. The second-order valence-electron chi connectivity index (χ2n) is 6.44. The van der Waals surface area contributed by atoms with Crippen molar-refractivity contribution in [3.05, 3.63) is 29.8 Å². The Balaban J connectivity index is 2.31. The third-order valence-corrected chi connectivity index (χ3v) is 2.98. The van der Waals surface area contributed by atoms with Crippen LogP contribution < -0.4 is 10.1 Å².